The predicted octanol–water partition coefficient (Wildman–Crippen LogP) is 3.99. The van der Waals surface area contributed by atoms with Crippen LogP contribution in [0.4, 0.5) is 0 Å². The second-order valence-electron chi connectivity index (χ2n) is 6.13. The van der Waals surface area contributed by atoms with Gasteiger partial charge < -0.3 is 14.6 Å². The van der Waals surface area contributed by atoms with Gasteiger partial charge in [0.15, 0.2) is 6.61 Å². The molecule has 0 fully saturated rings. The number of amides is 1. The third kappa shape index (κ3) is 5.84. The largest absolute Gasteiger partial charge is 0.507 e. The summed E-state index contributed by atoms with van der Waals surface area (Å²) in [7, 11) is 0. The van der Waals surface area contributed by atoms with Gasteiger partial charge in [0, 0.05) is 11.6 Å². The smallest absolute Gasteiger partial charge is 0.277 e. The summed E-state index contributed by atoms with van der Waals surface area (Å²) in [5.41, 5.74) is 5.02. The van der Waals surface area contributed by atoms with Gasteiger partial charge in [-0.15, -0.1) is 0 Å². The van der Waals surface area contributed by atoms with E-state index in [1.165, 1.54) is 12.3 Å². The lowest BCUT2D eigenvalue weighted by atomic mass is 10.1. The molecule has 1 amide bonds. The molecule has 0 saturated carbocycles. The van der Waals surface area contributed by atoms with E-state index in [1.54, 1.807) is 12.1 Å². The minimum Gasteiger partial charge on any atom is -0.507 e. The van der Waals surface area contributed by atoms with Crippen molar-refractivity contribution in [2.45, 2.75) is 6.92 Å². The molecule has 0 saturated heterocycles. The number of hydrogen-bond acceptors (Lipinski definition) is 5. The van der Waals surface area contributed by atoms with Gasteiger partial charge in [-0.2, -0.15) is 5.10 Å². The molecule has 6 nitrogen and oxygen atoms in total. The number of carbonyl (C=O) groups is 1. The monoisotopic (exact) mass is 390 g/mol. The van der Waals surface area contributed by atoms with Crippen molar-refractivity contribution in [3.05, 3.63) is 78.4 Å². The molecule has 6 heteroatoms. The average Bonchev–Trinajstić information content (AvgIpc) is 2.75. The second-order valence-corrected chi connectivity index (χ2v) is 6.13. The third-order valence-corrected chi connectivity index (χ3v) is 4.04. The maximum Gasteiger partial charge on any atom is 0.277 e. The highest BCUT2D eigenvalue weighted by Gasteiger charge is 2.04. The number of ether oxygens (including phenoxy) is 2. The number of nitrogens with one attached hydrogen (secondary N) is 1. The summed E-state index contributed by atoms with van der Waals surface area (Å²) >= 11 is 0. The van der Waals surface area contributed by atoms with E-state index >= 15 is 0 Å². The molecular formula is C23H22N2O4. The van der Waals surface area contributed by atoms with Crippen molar-refractivity contribution in [1.82, 2.24) is 5.43 Å². The summed E-state index contributed by atoms with van der Waals surface area (Å²) in [6, 6.07) is 22.4. The van der Waals surface area contributed by atoms with Crippen molar-refractivity contribution >= 4 is 12.1 Å². The maximum atomic E-state index is 11.9. The first-order chi connectivity index (χ1) is 14.2. The highest BCUT2D eigenvalue weighted by Crippen LogP contribution is 2.23. The lowest BCUT2D eigenvalue weighted by Gasteiger charge is -2.07. The third-order valence-electron chi connectivity index (χ3n) is 4.04. The Morgan fingerprint density at radius 2 is 1.66 bits per heavy atom. The van der Waals surface area contributed by atoms with E-state index in [9.17, 15) is 9.90 Å². The SMILES string of the molecule is CCOc1ccc(C=NNC(=O)COc2ccc(-c3ccccc3)cc2)c(O)c1. The van der Waals surface area contributed by atoms with Gasteiger partial charge in [-0.3, -0.25) is 4.79 Å². The van der Waals surface area contributed by atoms with E-state index in [2.05, 4.69) is 10.5 Å². The van der Waals surface area contributed by atoms with Crippen molar-refractivity contribution in [1.29, 1.82) is 0 Å². The van der Waals surface area contributed by atoms with Gasteiger partial charge in [0.2, 0.25) is 0 Å². The van der Waals surface area contributed by atoms with Crippen molar-refractivity contribution < 1.29 is 19.4 Å². The number of hydrogen-bond donors (Lipinski definition) is 2. The molecule has 0 aliphatic carbocycles. The van der Waals surface area contributed by atoms with Crippen LogP contribution in [-0.4, -0.2) is 30.4 Å². The molecule has 0 aliphatic rings. The van der Waals surface area contributed by atoms with Gasteiger partial charge in [-0.05, 0) is 42.3 Å². The first-order valence-corrected chi connectivity index (χ1v) is 9.21. The molecule has 29 heavy (non-hydrogen) atoms. The quantitative estimate of drug-likeness (QED) is 0.450. The van der Waals surface area contributed by atoms with E-state index in [0.717, 1.165) is 11.1 Å². The number of phenolic OH excluding ortho intramolecular Hbond substituents is 1. The number of hydrazone groups is 1. The van der Waals surface area contributed by atoms with Crippen molar-refractivity contribution in [3.8, 4) is 28.4 Å². The molecule has 0 aromatic heterocycles. The molecule has 3 aromatic rings. The maximum absolute atomic E-state index is 11.9. The van der Waals surface area contributed by atoms with Crippen LogP contribution in [0.1, 0.15) is 12.5 Å². The molecule has 0 aliphatic heterocycles. The Kier molecular flexibility index (Phi) is 6.84. The Morgan fingerprint density at radius 1 is 0.966 bits per heavy atom. The fraction of sp³-hybridized carbons (Fsp3) is 0.130. The number of carbonyl (C=O) groups excluding carboxylic acids is 1. The van der Waals surface area contributed by atoms with E-state index in [4.69, 9.17) is 9.47 Å². The Labute approximate surface area is 169 Å². The Bertz CT molecular complexity index is 970. The van der Waals surface area contributed by atoms with Crippen molar-refractivity contribution in [2.75, 3.05) is 13.2 Å². The number of rotatable bonds is 8. The van der Waals surface area contributed by atoms with Crippen LogP contribution in [0.3, 0.4) is 0 Å². The molecular weight excluding hydrogens is 368 g/mol. The summed E-state index contributed by atoms with van der Waals surface area (Å²) < 4.78 is 10.8. The summed E-state index contributed by atoms with van der Waals surface area (Å²) in [5.74, 6) is 0.772. The molecule has 0 unspecified atom stereocenters. The fourth-order valence-corrected chi connectivity index (χ4v) is 2.62. The molecule has 0 atom stereocenters. The van der Waals surface area contributed by atoms with Crippen LogP contribution < -0.4 is 14.9 Å². The highest BCUT2D eigenvalue weighted by atomic mass is 16.5. The van der Waals surface area contributed by atoms with Crippen molar-refractivity contribution in [3.63, 3.8) is 0 Å². The highest BCUT2D eigenvalue weighted by molar-refractivity contribution is 5.85. The van der Waals surface area contributed by atoms with Gasteiger partial charge in [0.05, 0.1) is 12.8 Å². The summed E-state index contributed by atoms with van der Waals surface area (Å²) in [6.07, 6.45) is 1.36. The zero-order chi connectivity index (χ0) is 20.5. The molecule has 0 heterocycles. The van der Waals surface area contributed by atoms with Crippen LogP contribution in [0.15, 0.2) is 77.9 Å². The number of benzene rings is 3. The molecule has 148 valence electrons. The Hall–Kier alpha value is -3.80. The molecule has 3 rings (SSSR count). The number of nitrogens with zero attached hydrogens (tertiary/aromatic N) is 1. The molecule has 0 bridgehead atoms. The zero-order valence-corrected chi connectivity index (χ0v) is 16.0. The lowest BCUT2D eigenvalue weighted by molar-refractivity contribution is -0.123. The minimum atomic E-state index is -0.404. The zero-order valence-electron chi connectivity index (χ0n) is 16.0. The molecule has 0 spiro atoms. The number of aromatic hydroxyl groups is 1. The fourth-order valence-electron chi connectivity index (χ4n) is 2.62. The van der Waals surface area contributed by atoms with Crippen LogP contribution >= 0.6 is 0 Å². The summed E-state index contributed by atoms with van der Waals surface area (Å²) in [4.78, 5) is 11.9. The van der Waals surface area contributed by atoms with Gasteiger partial charge in [-0.25, -0.2) is 5.43 Å². The van der Waals surface area contributed by atoms with E-state index < -0.39 is 5.91 Å². The average molecular weight is 390 g/mol. The molecule has 2 N–H and O–H groups in total. The molecule has 3 aromatic carbocycles. The lowest BCUT2D eigenvalue weighted by Crippen LogP contribution is -2.24. The van der Waals surface area contributed by atoms with Gasteiger partial charge in [0.1, 0.15) is 17.2 Å². The van der Waals surface area contributed by atoms with Crippen LogP contribution in [0, 0.1) is 0 Å². The van der Waals surface area contributed by atoms with Crippen LogP contribution in [0.25, 0.3) is 11.1 Å². The van der Waals surface area contributed by atoms with Crippen LogP contribution in [0.2, 0.25) is 0 Å². The topological polar surface area (TPSA) is 80.2 Å². The first-order valence-electron chi connectivity index (χ1n) is 9.21. The number of phenols is 1. The Balaban J connectivity index is 1.48. The van der Waals surface area contributed by atoms with Crippen molar-refractivity contribution in [2.24, 2.45) is 5.10 Å². The van der Waals surface area contributed by atoms with Gasteiger partial charge in [0.25, 0.3) is 5.91 Å². The van der Waals surface area contributed by atoms with Crippen LogP contribution in [0.5, 0.6) is 17.2 Å². The summed E-state index contributed by atoms with van der Waals surface area (Å²) in [6.45, 7) is 2.21. The predicted molar refractivity (Wildman–Crippen MR) is 112 cm³/mol. The summed E-state index contributed by atoms with van der Waals surface area (Å²) in [5, 5.41) is 13.8. The standard InChI is InChI=1S/C23H22N2O4/c1-2-28-21-13-10-19(22(26)14-21)15-24-25-23(27)16-29-20-11-8-18(9-12-20)17-6-4-3-5-7-17/h3-15,26H,2,16H2,1H3,(H,25,27). The van der Waals surface area contributed by atoms with Gasteiger partial charge in [-0.1, -0.05) is 42.5 Å². The first kappa shape index (κ1) is 19.9. The molecule has 0 radical (unpaired) electrons. The van der Waals surface area contributed by atoms with Gasteiger partial charge >= 0.3 is 0 Å². The van der Waals surface area contributed by atoms with Crippen LogP contribution in [-0.2, 0) is 4.79 Å². The normalized spacial score (nSPS) is 10.7. The van der Waals surface area contributed by atoms with E-state index in [1.807, 2.05) is 61.5 Å². The second kappa shape index (κ2) is 9.94. The Morgan fingerprint density at radius 3 is 2.34 bits per heavy atom. The minimum absolute atomic E-state index is 0.0173. The van der Waals surface area contributed by atoms with E-state index in [0.29, 0.717) is 23.7 Å². The van der Waals surface area contributed by atoms with E-state index in [-0.39, 0.29) is 12.4 Å².